The molecule has 1 unspecified atom stereocenters. The molecule has 1 N–H and O–H groups in total. The van der Waals surface area contributed by atoms with Crippen LogP contribution >= 0.6 is 0 Å². The van der Waals surface area contributed by atoms with Gasteiger partial charge < -0.3 is 10.1 Å². The van der Waals surface area contributed by atoms with Crippen molar-refractivity contribution in [3.63, 3.8) is 0 Å². The van der Waals surface area contributed by atoms with Gasteiger partial charge in [0.25, 0.3) is 0 Å². The molecular weight excluding hydrogens is 258 g/mol. The topological polar surface area (TPSA) is 21.3 Å². The molecule has 0 radical (unpaired) electrons. The van der Waals surface area contributed by atoms with E-state index in [2.05, 4.69) is 59.9 Å². The third kappa shape index (κ3) is 4.08. The maximum absolute atomic E-state index is 5.56. The van der Waals surface area contributed by atoms with Gasteiger partial charge in [0.15, 0.2) is 0 Å². The second-order valence-electron chi connectivity index (χ2n) is 5.78. The molecule has 0 aliphatic carbocycles. The van der Waals surface area contributed by atoms with Gasteiger partial charge in [-0.05, 0) is 42.4 Å². The third-order valence-electron chi connectivity index (χ3n) is 4.09. The van der Waals surface area contributed by atoms with Gasteiger partial charge in [0.1, 0.15) is 0 Å². The lowest BCUT2D eigenvalue weighted by molar-refractivity contribution is 0.0595. The van der Waals surface area contributed by atoms with Crippen LogP contribution in [0.25, 0.3) is 0 Å². The summed E-state index contributed by atoms with van der Waals surface area (Å²) in [5.41, 5.74) is 3.97. The zero-order chi connectivity index (χ0) is 14.3. The van der Waals surface area contributed by atoms with Gasteiger partial charge in [-0.2, -0.15) is 0 Å². The Morgan fingerprint density at radius 1 is 1.00 bits per heavy atom. The van der Waals surface area contributed by atoms with E-state index in [1.165, 1.54) is 29.7 Å². The van der Waals surface area contributed by atoms with Crippen LogP contribution in [0.15, 0.2) is 54.6 Å². The van der Waals surface area contributed by atoms with Crippen molar-refractivity contribution in [2.45, 2.75) is 19.3 Å². The van der Waals surface area contributed by atoms with Gasteiger partial charge in [-0.1, -0.05) is 48.5 Å². The van der Waals surface area contributed by atoms with Crippen LogP contribution in [-0.4, -0.2) is 19.8 Å². The number of para-hydroxylation sites is 1. The Morgan fingerprint density at radius 2 is 1.81 bits per heavy atom. The first-order valence-corrected chi connectivity index (χ1v) is 7.85. The normalized spacial score (nSPS) is 18.4. The van der Waals surface area contributed by atoms with Crippen molar-refractivity contribution >= 4 is 5.69 Å². The molecule has 1 fully saturated rings. The largest absolute Gasteiger partial charge is 0.384 e. The van der Waals surface area contributed by atoms with Crippen LogP contribution < -0.4 is 5.32 Å². The average Bonchev–Trinajstić information content (AvgIpc) is 2.56. The molecule has 2 aromatic rings. The molecule has 1 saturated heterocycles. The van der Waals surface area contributed by atoms with Gasteiger partial charge in [-0.3, -0.25) is 0 Å². The minimum Gasteiger partial charge on any atom is -0.384 e. The van der Waals surface area contributed by atoms with Crippen molar-refractivity contribution in [3.05, 3.63) is 65.7 Å². The van der Waals surface area contributed by atoms with Gasteiger partial charge in [0, 0.05) is 18.8 Å². The Labute approximate surface area is 127 Å². The minimum absolute atomic E-state index is 0.642. The van der Waals surface area contributed by atoms with Crippen molar-refractivity contribution in [3.8, 4) is 0 Å². The van der Waals surface area contributed by atoms with Crippen molar-refractivity contribution in [2.75, 3.05) is 25.1 Å². The Kier molecular flexibility index (Phi) is 4.90. The highest BCUT2D eigenvalue weighted by atomic mass is 16.5. The lowest BCUT2D eigenvalue weighted by Crippen LogP contribution is -2.24. The molecule has 0 spiro atoms. The second kappa shape index (κ2) is 7.28. The maximum Gasteiger partial charge on any atom is 0.0511 e. The van der Waals surface area contributed by atoms with Crippen molar-refractivity contribution in [2.24, 2.45) is 5.92 Å². The number of hydrogen-bond acceptors (Lipinski definition) is 2. The summed E-state index contributed by atoms with van der Waals surface area (Å²) in [5, 5.41) is 3.62. The fourth-order valence-electron chi connectivity index (χ4n) is 2.89. The molecule has 1 aliphatic rings. The van der Waals surface area contributed by atoms with Gasteiger partial charge in [0.05, 0.1) is 6.61 Å². The molecule has 0 aromatic heterocycles. The lowest BCUT2D eigenvalue weighted by Gasteiger charge is -2.23. The summed E-state index contributed by atoms with van der Waals surface area (Å²) in [4.78, 5) is 0. The summed E-state index contributed by atoms with van der Waals surface area (Å²) in [6, 6.07) is 19.3. The van der Waals surface area contributed by atoms with E-state index in [1.54, 1.807) is 0 Å². The van der Waals surface area contributed by atoms with Gasteiger partial charge >= 0.3 is 0 Å². The maximum atomic E-state index is 5.56. The molecule has 3 rings (SSSR count). The molecular formula is C19H23NO. The smallest absolute Gasteiger partial charge is 0.0511 e. The summed E-state index contributed by atoms with van der Waals surface area (Å²) in [6.07, 6.45) is 3.44. The fraction of sp³-hybridized carbons (Fsp3) is 0.368. The number of hydrogen-bond donors (Lipinski definition) is 1. The molecule has 2 aromatic carbocycles. The zero-order valence-electron chi connectivity index (χ0n) is 12.4. The molecule has 0 amide bonds. The Bertz CT molecular complexity index is 547. The van der Waals surface area contributed by atoms with E-state index in [1.807, 2.05) is 0 Å². The predicted octanol–water partition coefficient (Wildman–Crippen LogP) is 4.12. The molecule has 1 atom stereocenters. The number of ether oxygens (including phenoxy) is 1. The number of rotatable bonds is 5. The van der Waals surface area contributed by atoms with Gasteiger partial charge in [0.2, 0.25) is 0 Å². The number of nitrogens with one attached hydrogen (secondary N) is 1. The van der Waals surface area contributed by atoms with E-state index in [-0.39, 0.29) is 0 Å². The monoisotopic (exact) mass is 281 g/mol. The molecule has 2 nitrogen and oxygen atoms in total. The van der Waals surface area contributed by atoms with Crippen molar-refractivity contribution < 1.29 is 4.74 Å². The van der Waals surface area contributed by atoms with E-state index in [4.69, 9.17) is 4.74 Å². The van der Waals surface area contributed by atoms with E-state index in [9.17, 15) is 0 Å². The van der Waals surface area contributed by atoms with Crippen LogP contribution in [0.5, 0.6) is 0 Å². The summed E-state index contributed by atoms with van der Waals surface area (Å²) < 4.78 is 5.56. The molecule has 1 heterocycles. The summed E-state index contributed by atoms with van der Waals surface area (Å²) in [7, 11) is 0. The average molecular weight is 281 g/mol. The Morgan fingerprint density at radius 3 is 2.62 bits per heavy atom. The first-order valence-electron chi connectivity index (χ1n) is 7.85. The SMILES string of the molecule is c1ccc(Cc2ccccc2NCC2CCCOC2)cc1. The van der Waals surface area contributed by atoms with Gasteiger partial charge in [-0.15, -0.1) is 0 Å². The van der Waals surface area contributed by atoms with Crippen LogP contribution in [-0.2, 0) is 11.2 Å². The van der Waals surface area contributed by atoms with Crippen molar-refractivity contribution in [1.82, 2.24) is 0 Å². The second-order valence-corrected chi connectivity index (χ2v) is 5.78. The zero-order valence-corrected chi connectivity index (χ0v) is 12.4. The highest BCUT2D eigenvalue weighted by Gasteiger charge is 2.14. The first-order chi connectivity index (χ1) is 10.4. The Balaban J connectivity index is 1.64. The standard InChI is InChI=1S/C19H23NO/c1-2-7-16(8-3-1)13-18-10-4-5-11-19(18)20-14-17-9-6-12-21-15-17/h1-5,7-8,10-11,17,20H,6,9,12-15H2. The van der Waals surface area contributed by atoms with Crippen LogP contribution in [0.1, 0.15) is 24.0 Å². The summed E-state index contributed by atoms with van der Waals surface area (Å²) >= 11 is 0. The van der Waals surface area contributed by atoms with Crippen molar-refractivity contribution in [1.29, 1.82) is 0 Å². The summed E-state index contributed by atoms with van der Waals surface area (Å²) in [5.74, 6) is 0.642. The lowest BCUT2D eigenvalue weighted by atomic mass is 10.0. The highest BCUT2D eigenvalue weighted by molar-refractivity contribution is 5.52. The first kappa shape index (κ1) is 14.2. The Hall–Kier alpha value is -1.80. The number of benzene rings is 2. The van der Waals surface area contributed by atoms with E-state index in [0.717, 1.165) is 26.2 Å². The van der Waals surface area contributed by atoms with Crippen LogP contribution in [0, 0.1) is 5.92 Å². The fourth-order valence-corrected chi connectivity index (χ4v) is 2.89. The molecule has 110 valence electrons. The molecule has 21 heavy (non-hydrogen) atoms. The van der Waals surface area contributed by atoms with Crippen LogP contribution in [0.2, 0.25) is 0 Å². The van der Waals surface area contributed by atoms with E-state index >= 15 is 0 Å². The van der Waals surface area contributed by atoms with Crippen LogP contribution in [0.3, 0.4) is 0 Å². The van der Waals surface area contributed by atoms with Gasteiger partial charge in [-0.25, -0.2) is 0 Å². The predicted molar refractivity (Wildman–Crippen MR) is 87.7 cm³/mol. The highest BCUT2D eigenvalue weighted by Crippen LogP contribution is 2.21. The molecule has 0 saturated carbocycles. The minimum atomic E-state index is 0.642. The molecule has 0 bridgehead atoms. The third-order valence-corrected chi connectivity index (χ3v) is 4.09. The quantitative estimate of drug-likeness (QED) is 0.890. The number of anilines is 1. The molecule has 1 aliphatic heterocycles. The van der Waals surface area contributed by atoms with E-state index < -0.39 is 0 Å². The van der Waals surface area contributed by atoms with Crippen LogP contribution in [0.4, 0.5) is 5.69 Å². The molecule has 2 heteroatoms. The van der Waals surface area contributed by atoms with E-state index in [0.29, 0.717) is 5.92 Å². The summed E-state index contributed by atoms with van der Waals surface area (Å²) in [6.45, 7) is 2.83.